The van der Waals surface area contributed by atoms with Gasteiger partial charge in [0, 0.05) is 13.1 Å². The second-order valence-electron chi connectivity index (χ2n) is 4.64. The highest BCUT2D eigenvalue weighted by molar-refractivity contribution is 5.86. The first kappa shape index (κ1) is 11.8. The van der Waals surface area contributed by atoms with E-state index in [1.54, 1.807) is 27.7 Å². The van der Waals surface area contributed by atoms with E-state index in [-0.39, 0.29) is 5.91 Å². The highest BCUT2D eigenvalue weighted by Crippen LogP contribution is 2.13. The summed E-state index contributed by atoms with van der Waals surface area (Å²) in [6.45, 7) is 8.10. The van der Waals surface area contributed by atoms with Crippen LogP contribution in [0.15, 0.2) is 0 Å². The molecule has 0 aromatic carbocycles. The second kappa shape index (κ2) is 4.08. The molecule has 0 saturated carbocycles. The zero-order valence-corrected chi connectivity index (χ0v) is 9.66. The van der Waals surface area contributed by atoms with Crippen LogP contribution < -0.4 is 5.32 Å². The van der Waals surface area contributed by atoms with Crippen LogP contribution in [0.2, 0.25) is 0 Å². The van der Waals surface area contributed by atoms with Crippen molar-refractivity contribution in [3.05, 3.63) is 0 Å². The van der Waals surface area contributed by atoms with E-state index >= 15 is 0 Å². The van der Waals surface area contributed by atoms with Crippen molar-refractivity contribution in [1.29, 1.82) is 0 Å². The molecule has 1 atom stereocenters. The fraction of sp³-hybridized carbons (Fsp3) is 0.800. The van der Waals surface area contributed by atoms with Crippen LogP contribution in [0.4, 0.5) is 4.79 Å². The zero-order valence-electron chi connectivity index (χ0n) is 9.66. The Morgan fingerprint density at radius 3 is 2.67 bits per heavy atom. The quantitative estimate of drug-likeness (QED) is 0.647. The van der Waals surface area contributed by atoms with Crippen LogP contribution in [-0.2, 0) is 9.53 Å². The summed E-state index contributed by atoms with van der Waals surface area (Å²) in [4.78, 5) is 24.5. The van der Waals surface area contributed by atoms with E-state index in [0.29, 0.717) is 13.1 Å². The van der Waals surface area contributed by atoms with Gasteiger partial charge in [0.2, 0.25) is 5.91 Å². The van der Waals surface area contributed by atoms with E-state index in [4.69, 9.17) is 4.74 Å². The molecule has 1 heterocycles. The molecule has 0 aromatic heterocycles. The van der Waals surface area contributed by atoms with Gasteiger partial charge >= 0.3 is 6.09 Å². The lowest BCUT2D eigenvalue weighted by Gasteiger charge is -2.34. The largest absolute Gasteiger partial charge is 0.444 e. The molecule has 1 rings (SSSR count). The lowest BCUT2D eigenvalue weighted by atomic mass is 10.2. The number of nitrogens with one attached hydrogen (secondary N) is 1. The van der Waals surface area contributed by atoms with E-state index in [9.17, 15) is 9.59 Å². The van der Waals surface area contributed by atoms with Crippen LogP contribution in [0.3, 0.4) is 0 Å². The molecule has 1 aliphatic heterocycles. The number of amides is 2. The summed E-state index contributed by atoms with van der Waals surface area (Å²) in [6, 6.07) is -0.450. The van der Waals surface area contributed by atoms with Crippen molar-refractivity contribution in [1.82, 2.24) is 10.2 Å². The summed E-state index contributed by atoms with van der Waals surface area (Å²) in [5.41, 5.74) is -0.523. The van der Waals surface area contributed by atoms with Crippen LogP contribution >= 0.6 is 0 Å². The fourth-order valence-corrected chi connectivity index (χ4v) is 1.35. The van der Waals surface area contributed by atoms with Crippen molar-refractivity contribution < 1.29 is 14.3 Å². The minimum Gasteiger partial charge on any atom is -0.444 e. The maximum Gasteiger partial charge on any atom is 0.411 e. The maximum absolute atomic E-state index is 11.7. The van der Waals surface area contributed by atoms with Gasteiger partial charge in [-0.2, -0.15) is 0 Å². The smallest absolute Gasteiger partial charge is 0.411 e. The summed E-state index contributed by atoms with van der Waals surface area (Å²) >= 11 is 0. The molecule has 5 nitrogen and oxygen atoms in total. The van der Waals surface area contributed by atoms with Crippen LogP contribution in [0.1, 0.15) is 27.7 Å². The maximum atomic E-state index is 11.7. The molecule has 1 saturated heterocycles. The third-order valence-corrected chi connectivity index (χ3v) is 2.13. The minimum atomic E-state index is -0.523. The first-order valence-corrected chi connectivity index (χ1v) is 5.08. The molecule has 0 aliphatic carbocycles. The third kappa shape index (κ3) is 3.11. The molecule has 5 heteroatoms. The molecule has 0 aromatic rings. The number of hydrogen-bond acceptors (Lipinski definition) is 3. The molecule has 1 fully saturated rings. The summed E-state index contributed by atoms with van der Waals surface area (Å²) in [5, 5.41) is 2.69. The minimum absolute atomic E-state index is 0.132. The van der Waals surface area contributed by atoms with Gasteiger partial charge in [0.15, 0.2) is 0 Å². The predicted molar refractivity (Wildman–Crippen MR) is 55.4 cm³/mol. The first-order valence-electron chi connectivity index (χ1n) is 5.08. The summed E-state index contributed by atoms with van der Waals surface area (Å²) in [5.74, 6) is -0.132. The van der Waals surface area contributed by atoms with E-state index in [1.165, 1.54) is 4.90 Å². The number of carbonyl (C=O) groups is 2. The Labute approximate surface area is 89.8 Å². The van der Waals surface area contributed by atoms with Crippen LogP contribution in [0.5, 0.6) is 0 Å². The Hall–Kier alpha value is -1.26. The SMILES string of the molecule is C[C@H]1C(=O)NCCN1C(=O)OC(C)(C)C. The van der Waals surface area contributed by atoms with Gasteiger partial charge in [0.05, 0.1) is 0 Å². The van der Waals surface area contributed by atoms with Crippen molar-refractivity contribution >= 4 is 12.0 Å². The standard InChI is InChI=1S/C10H18N2O3/c1-7-8(13)11-5-6-12(7)9(14)15-10(2,3)4/h7H,5-6H2,1-4H3,(H,11,13)/t7-/m0/s1. The molecule has 15 heavy (non-hydrogen) atoms. The average molecular weight is 214 g/mol. The summed E-state index contributed by atoms with van der Waals surface area (Å²) in [7, 11) is 0. The highest BCUT2D eigenvalue weighted by Gasteiger charge is 2.32. The molecule has 0 spiro atoms. The molecule has 0 bridgehead atoms. The zero-order chi connectivity index (χ0) is 11.6. The van der Waals surface area contributed by atoms with Gasteiger partial charge in [-0.1, -0.05) is 0 Å². The number of carbonyl (C=O) groups excluding carboxylic acids is 2. The number of rotatable bonds is 0. The number of piperazine rings is 1. The molecule has 0 unspecified atom stereocenters. The number of nitrogens with zero attached hydrogens (tertiary/aromatic N) is 1. The normalized spacial score (nSPS) is 22.3. The van der Waals surface area contributed by atoms with Crippen molar-refractivity contribution in [3.8, 4) is 0 Å². The molecule has 2 amide bonds. The Morgan fingerprint density at radius 2 is 2.13 bits per heavy atom. The molecular weight excluding hydrogens is 196 g/mol. The Kier molecular flexibility index (Phi) is 3.21. The molecule has 1 N–H and O–H groups in total. The fourth-order valence-electron chi connectivity index (χ4n) is 1.35. The second-order valence-corrected chi connectivity index (χ2v) is 4.64. The van der Waals surface area contributed by atoms with Crippen LogP contribution in [-0.4, -0.2) is 41.6 Å². The third-order valence-electron chi connectivity index (χ3n) is 2.13. The van der Waals surface area contributed by atoms with Crippen molar-refractivity contribution in [2.24, 2.45) is 0 Å². The molecule has 0 radical (unpaired) electrons. The van der Waals surface area contributed by atoms with Gasteiger partial charge in [-0.3, -0.25) is 9.69 Å². The predicted octanol–water partition coefficient (Wildman–Crippen LogP) is 0.742. The van der Waals surface area contributed by atoms with Crippen LogP contribution in [0.25, 0.3) is 0 Å². The van der Waals surface area contributed by atoms with Gasteiger partial charge in [0.25, 0.3) is 0 Å². The number of hydrogen-bond donors (Lipinski definition) is 1. The molecule has 1 aliphatic rings. The van der Waals surface area contributed by atoms with Gasteiger partial charge < -0.3 is 10.1 Å². The Morgan fingerprint density at radius 1 is 1.53 bits per heavy atom. The summed E-state index contributed by atoms with van der Waals surface area (Å²) in [6.07, 6.45) is -0.426. The topological polar surface area (TPSA) is 58.6 Å². The molecular formula is C10H18N2O3. The lowest BCUT2D eigenvalue weighted by Crippen LogP contribution is -2.56. The van der Waals surface area contributed by atoms with Gasteiger partial charge in [-0.05, 0) is 27.7 Å². The van der Waals surface area contributed by atoms with Gasteiger partial charge in [-0.15, -0.1) is 0 Å². The van der Waals surface area contributed by atoms with E-state index in [0.717, 1.165) is 0 Å². The van der Waals surface area contributed by atoms with Crippen molar-refractivity contribution in [2.45, 2.75) is 39.3 Å². The monoisotopic (exact) mass is 214 g/mol. The average Bonchev–Trinajstić information content (AvgIpc) is 2.06. The van der Waals surface area contributed by atoms with Gasteiger partial charge in [0.1, 0.15) is 11.6 Å². The van der Waals surface area contributed by atoms with Crippen LogP contribution in [0, 0.1) is 0 Å². The Bertz CT molecular complexity index is 270. The van der Waals surface area contributed by atoms with E-state index < -0.39 is 17.7 Å². The van der Waals surface area contributed by atoms with E-state index in [2.05, 4.69) is 5.32 Å². The van der Waals surface area contributed by atoms with E-state index in [1.807, 2.05) is 0 Å². The highest BCUT2D eigenvalue weighted by atomic mass is 16.6. The Balaban J connectivity index is 2.63. The van der Waals surface area contributed by atoms with Crippen molar-refractivity contribution in [3.63, 3.8) is 0 Å². The van der Waals surface area contributed by atoms with Crippen molar-refractivity contribution in [2.75, 3.05) is 13.1 Å². The first-order chi connectivity index (χ1) is 6.81. The lowest BCUT2D eigenvalue weighted by molar-refractivity contribution is -0.128. The number of ether oxygens (including phenoxy) is 1. The molecule has 86 valence electrons. The van der Waals surface area contributed by atoms with Gasteiger partial charge in [-0.25, -0.2) is 4.79 Å². The summed E-state index contributed by atoms with van der Waals surface area (Å²) < 4.78 is 5.20.